The Bertz CT molecular complexity index is 1380. The summed E-state index contributed by atoms with van der Waals surface area (Å²) in [4.78, 5) is 27.3. The van der Waals surface area contributed by atoms with E-state index in [1.165, 1.54) is 36.9 Å². The van der Waals surface area contributed by atoms with Gasteiger partial charge in [0.25, 0.3) is 5.91 Å². The van der Waals surface area contributed by atoms with E-state index in [1.54, 1.807) is 0 Å². The zero-order valence-electron chi connectivity index (χ0n) is 23.6. The first-order valence-electron chi connectivity index (χ1n) is 14.2. The van der Waals surface area contributed by atoms with Gasteiger partial charge in [0.15, 0.2) is 5.82 Å². The molecule has 3 aromatic rings. The molecular formula is C31H39N7O. The van der Waals surface area contributed by atoms with Gasteiger partial charge in [-0.05, 0) is 64.1 Å². The maximum atomic E-state index is 13.5. The molecule has 2 aromatic carbocycles. The molecule has 1 saturated heterocycles. The summed E-state index contributed by atoms with van der Waals surface area (Å²) < 4.78 is 1.83. The molecular weight excluding hydrogens is 486 g/mol. The molecule has 39 heavy (non-hydrogen) atoms. The number of fused-ring (bicyclic) bond motifs is 1. The number of rotatable bonds is 4. The van der Waals surface area contributed by atoms with Crippen molar-refractivity contribution in [3.05, 3.63) is 66.1 Å². The highest BCUT2D eigenvalue weighted by atomic mass is 16.2. The second-order valence-corrected chi connectivity index (χ2v) is 11.4. The van der Waals surface area contributed by atoms with Crippen molar-refractivity contribution in [2.24, 2.45) is 0 Å². The minimum Gasteiger partial charge on any atom is -0.359 e. The van der Waals surface area contributed by atoms with Crippen molar-refractivity contribution in [3.63, 3.8) is 0 Å². The second-order valence-electron chi connectivity index (χ2n) is 11.4. The van der Waals surface area contributed by atoms with Crippen molar-refractivity contribution in [1.29, 1.82) is 0 Å². The maximum Gasteiger partial charge on any atom is 0.293 e. The number of carbonyl (C=O) groups excluding carboxylic acids is 1. The number of amides is 1. The second kappa shape index (κ2) is 10.2. The zero-order valence-corrected chi connectivity index (χ0v) is 23.6. The Morgan fingerprint density at radius 2 is 1.64 bits per heavy atom. The maximum absolute atomic E-state index is 13.5. The topological polar surface area (TPSA) is 60.7 Å². The number of hydrogen-bond donors (Lipinski definition) is 0. The van der Waals surface area contributed by atoms with E-state index in [-0.39, 0.29) is 17.8 Å². The largest absolute Gasteiger partial charge is 0.359 e. The minimum atomic E-state index is -0.106. The molecule has 3 aliphatic rings. The molecule has 6 rings (SSSR count). The number of benzene rings is 2. The van der Waals surface area contributed by atoms with Crippen LogP contribution >= 0.6 is 0 Å². The molecule has 2 fully saturated rings. The third-order valence-corrected chi connectivity index (χ3v) is 8.79. The van der Waals surface area contributed by atoms with E-state index in [9.17, 15) is 4.79 Å². The first-order chi connectivity index (χ1) is 18.8. The van der Waals surface area contributed by atoms with Crippen LogP contribution in [0.15, 0.2) is 54.7 Å². The molecule has 1 amide bonds. The van der Waals surface area contributed by atoms with Gasteiger partial charge < -0.3 is 19.6 Å². The summed E-state index contributed by atoms with van der Waals surface area (Å²) in [5.41, 5.74) is 6.49. The van der Waals surface area contributed by atoms with Crippen molar-refractivity contribution < 1.29 is 4.79 Å². The van der Waals surface area contributed by atoms with Gasteiger partial charge in [-0.25, -0.2) is 9.67 Å². The first kappa shape index (κ1) is 25.6. The molecule has 0 unspecified atom stereocenters. The quantitative estimate of drug-likeness (QED) is 0.491. The summed E-state index contributed by atoms with van der Waals surface area (Å²) in [6.07, 6.45) is 4.94. The standard InChI is InChI=1S/C31H39N7O/c1-21-10-13-26(14-11-21)38-30(32-29(33-38)31(39)36-18-16-34(4)17-19-36)24-12-15-27-28(20-24)37(25-8-6-7-9-25)23(3)22(2)35(27)5/h10-15,20,23,25H,2,6-9,16-19H2,1,3-5H3/t23-/m1/s1. The fourth-order valence-corrected chi connectivity index (χ4v) is 6.26. The first-order valence-corrected chi connectivity index (χ1v) is 14.2. The summed E-state index contributed by atoms with van der Waals surface area (Å²) in [6.45, 7) is 11.8. The number of aromatic nitrogens is 3. The van der Waals surface area contributed by atoms with Crippen LogP contribution in [0.5, 0.6) is 0 Å². The van der Waals surface area contributed by atoms with Crippen LogP contribution < -0.4 is 9.80 Å². The average Bonchev–Trinajstić information content (AvgIpc) is 3.63. The zero-order chi connectivity index (χ0) is 27.3. The van der Waals surface area contributed by atoms with E-state index in [1.807, 2.05) is 21.7 Å². The van der Waals surface area contributed by atoms with Gasteiger partial charge >= 0.3 is 0 Å². The van der Waals surface area contributed by atoms with E-state index in [2.05, 4.69) is 79.6 Å². The lowest BCUT2D eigenvalue weighted by Gasteiger charge is -2.46. The van der Waals surface area contributed by atoms with Crippen LogP contribution in [0.3, 0.4) is 0 Å². The number of likely N-dealkylation sites (N-methyl/N-ethyl adjacent to an activating group) is 2. The van der Waals surface area contributed by atoms with Crippen molar-refractivity contribution in [3.8, 4) is 17.1 Å². The number of hydrogen-bond acceptors (Lipinski definition) is 6. The number of anilines is 2. The van der Waals surface area contributed by atoms with Gasteiger partial charge in [-0.1, -0.05) is 37.1 Å². The number of aryl methyl sites for hydroxylation is 1. The van der Waals surface area contributed by atoms with Gasteiger partial charge in [-0.2, -0.15) is 0 Å². The molecule has 3 heterocycles. The normalized spacial score (nSPS) is 20.6. The van der Waals surface area contributed by atoms with Crippen LogP contribution in [-0.4, -0.2) is 82.8 Å². The predicted octanol–water partition coefficient (Wildman–Crippen LogP) is 4.73. The molecule has 8 heteroatoms. The lowest BCUT2D eigenvalue weighted by atomic mass is 9.99. The molecule has 0 N–H and O–H groups in total. The van der Waals surface area contributed by atoms with Gasteiger partial charge in [0.05, 0.1) is 23.1 Å². The summed E-state index contributed by atoms with van der Waals surface area (Å²) in [6, 6.07) is 15.4. The van der Waals surface area contributed by atoms with Crippen molar-refractivity contribution in [2.75, 3.05) is 50.1 Å². The third-order valence-electron chi connectivity index (χ3n) is 8.79. The van der Waals surface area contributed by atoms with Gasteiger partial charge in [-0.3, -0.25) is 4.79 Å². The minimum absolute atomic E-state index is 0.106. The highest BCUT2D eigenvalue weighted by Gasteiger charge is 2.36. The van der Waals surface area contributed by atoms with Crippen LogP contribution in [0, 0.1) is 6.92 Å². The van der Waals surface area contributed by atoms with Crippen LogP contribution in [-0.2, 0) is 0 Å². The Kier molecular flexibility index (Phi) is 6.67. The Labute approximate surface area is 231 Å². The third kappa shape index (κ3) is 4.61. The van der Waals surface area contributed by atoms with Gasteiger partial charge in [0, 0.05) is 50.5 Å². The van der Waals surface area contributed by atoms with Crippen molar-refractivity contribution in [2.45, 2.75) is 51.6 Å². The Morgan fingerprint density at radius 3 is 2.33 bits per heavy atom. The molecule has 1 saturated carbocycles. The highest BCUT2D eigenvalue weighted by molar-refractivity contribution is 5.91. The van der Waals surface area contributed by atoms with E-state index in [0.29, 0.717) is 25.0 Å². The summed E-state index contributed by atoms with van der Waals surface area (Å²) >= 11 is 0. The smallest absolute Gasteiger partial charge is 0.293 e. The summed E-state index contributed by atoms with van der Waals surface area (Å²) in [5.74, 6) is 0.829. The SMILES string of the molecule is C=C1[C@@H](C)N(C2CCCC2)c2cc(-c3nc(C(=O)N4CCN(C)CC4)nn3-c3ccc(C)cc3)ccc2N1C. The lowest BCUT2D eigenvalue weighted by Crippen LogP contribution is -2.48. The fraction of sp³-hybridized carbons (Fsp3) is 0.452. The lowest BCUT2D eigenvalue weighted by molar-refractivity contribution is 0.0652. The fourth-order valence-electron chi connectivity index (χ4n) is 6.26. The van der Waals surface area contributed by atoms with E-state index < -0.39 is 0 Å². The van der Waals surface area contributed by atoms with Crippen LogP contribution in [0.25, 0.3) is 17.1 Å². The van der Waals surface area contributed by atoms with Crippen LogP contribution in [0.4, 0.5) is 11.4 Å². The molecule has 0 spiro atoms. The highest BCUT2D eigenvalue weighted by Crippen LogP contribution is 2.44. The average molecular weight is 526 g/mol. The van der Waals surface area contributed by atoms with Crippen LogP contribution in [0.2, 0.25) is 0 Å². The number of carbonyl (C=O) groups is 1. The van der Waals surface area contributed by atoms with Gasteiger partial charge in [0.1, 0.15) is 0 Å². The molecule has 0 bridgehead atoms. The van der Waals surface area contributed by atoms with Crippen molar-refractivity contribution in [1.82, 2.24) is 24.6 Å². The molecule has 1 aliphatic carbocycles. The summed E-state index contributed by atoms with van der Waals surface area (Å²) in [7, 11) is 4.19. The van der Waals surface area contributed by atoms with Crippen molar-refractivity contribution >= 4 is 17.3 Å². The van der Waals surface area contributed by atoms with E-state index in [0.717, 1.165) is 35.7 Å². The van der Waals surface area contributed by atoms with Gasteiger partial charge in [-0.15, -0.1) is 5.10 Å². The number of nitrogens with zero attached hydrogens (tertiary/aromatic N) is 7. The molecule has 0 radical (unpaired) electrons. The van der Waals surface area contributed by atoms with E-state index >= 15 is 0 Å². The van der Waals surface area contributed by atoms with Gasteiger partial charge in [0.2, 0.25) is 5.82 Å². The summed E-state index contributed by atoms with van der Waals surface area (Å²) in [5, 5.41) is 4.79. The molecule has 204 valence electrons. The van der Waals surface area contributed by atoms with E-state index in [4.69, 9.17) is 10.1 Å². The molecule has 2 aliphatic heterocycles. The monoisotopic (exact) mass is 525 g/mol. The Balaban J connectivity index is 1.45. The number of piperazine rings is 1. The van der Waals surface area contributed by atoms with Crippen LogP contribution in [0.1, 0.15) is 48.8 Å². The Morgan fingerprint density at radius 1 is 0.949 bits per heavy atom. The molecule has 1 atom stereocenters. The predicted molar refractivity (Wildman–Crippen MR) is 157 cm³/mol. The molecule has 8 nitrogen and oxygen atoms in total. The molecule has 1 aromatic heterocycles. The Hall–Kier alpha value is -3.65.